The molecule has 0 saturated carbocycles. The van der Waals surface area contributed by atoms with Crippen LogP contribution in [0.15, 0.2) is 36.4 Å². The summed E-state index contributed by atoms with van der Waals surface area (Å²) in [5, 5.41) is 1.20. The Bertz CT molecular complexity index is 919. The topological polar surface area (TPSA) is 44.1 Å². The molecule has 4 nitrogen and oxygen atoms in total. The molecule has 0 N–H and O–H groups in total. The smallest absolute Gasteiger partial charge is 0.340 e. The van der Waals surface area contributed by atoms with Crippen molar-refractivity contribution in [1.29, 1.82) is 0 Å². The normalized spacial score (nSPS) is 11.0. The molecule has 2 aromatic carbocycles. The standard InChI is InChI=1S/C18H16Cl2N2O2/c1-3-24-18(23)14-5-4-6-16-17(14)21-11(2)22(16)10-12-7-8-13(19)9-15(12)20/h4-9H,3,10H2,1-2H3. The van der Waals surface area contributed by atoms with Gasteiger partial charge >= 0.3 is 5.97 Å². The second-order valence-corrected chi connectivity index (χ2v) is 6.22. The van der Waals surface area contributed by atoms with Crippen LogP contribution in [0.4, 0.5) is 0 Å². The van der Waals surface area contributed by atoms with E-state index in [0.717, 1.165) is 16.9 Å². The van der Waals surface area contributed by atoms with Gasteiger partial charge in [-0.15, -0.1) is 0 Å². The molecule has 0 bridgehead atoms. The first-order valence-corrected chi connectivity index (χ1v) is 8.33. The zero-order chi connectivity index (χ0) is 17.3. The van der Waals surface area contributed by atoms with Gasteiger partial charge in [0.1, 0.15) is 11.3 Å². The molecule has 0 radical (unpaired) electrons. The molecule has 0 atom stereocenters. The van der Waals surface area contributed by atoms with Crippen LogP contribution in [0.25, 0.3) is 11.0 Å². The number of rotatable bonds is 4. The summed E-state index contributed by atoms with van der Waals surface area (Å²) in [4.78, 5) is 16.7. The number of ether oxygens (including phenoxy) is 1. The van der Waals surface area contributed by atoms with Crippen LogP contribution in [0, 0.1) is 6.92 Å². The molecule has 0 amide bonds. The lowest BCUT2D eigenvalue weighted by atomic mass is 10.1. The highest BCUT2D eigenvalue weighted by molar-refractivity contribution is 6.35. The number of aromatic nitrogens is 2. The third-order valence-electron chi connectivity index (χ3n) is 3.81. The number of esters is 1. The number of nitrogens with zero attached hydrogens (tertiary/aromatic N) is 2. The van der Waals surface area contributed by atoms with Gasteiger partial charge in [-0.1, -0.05) is 35.3 Å². The highest BCUT2D eigenvalue weighted by Crippen LogP contribution is 2.26. The molecule has 0 fully saturated rings. The van der Waals surface area contributed by atoms with Crippen molar-refractivity contribution < 1.29 is 9.53 Å². The maximum atomic E-state index is 12.1. The number of imidazole rings is 1. The number of carbonyl (C=O) groups is 1. The van der Waals surface area contributed by atoms with Crippen molar-refractivity contribution >= 4 is 40.2 Å². The van der Waals surface area contributed by atoms with Crippen LogP contribution >= 0.6 is 23.2 Å². The number of para-hydroxylation sites is 1. The van der Waals surface area contributed by atoms with Gasteiger partial charge in [-0.25, -0.2) is 9.78 Å². The van der Waals surface area contributed by atoms with E-state index < -0.39 is 0 Å². The van der Waals surface area contributed by atoms with Crippen LogP contribution in [-0.2, 0) is 11.3 Å². The van der Waals surface area contributed by atoms with Crippen LogP contribution in [0.3, 0.4) is 0 Å². The second-order valence-electron chi connectivity index (χ2n) is 5.37. The van der Waals surface area contributed by atoms with Crippen LogP contribution in [0.2, 0.25) is 10.0 Å². The van der Waals surface area contributed by atoms with E-state index in [0.29, 0.717) is 34.3 Å². The summed E-state index contributed by atoms with van der Waals surface area (Å²) >= 11 is 12.2. The fourth-order valence-electron chi connectivity index (χ4n) is 2.66. The summed E-state index contributed by atoms with van der Waals surface area (Å²) in [7, 11) is 0. The van der Waals surface area contributed by atoms with Gasteiger partial charge in [0.05, 0.1) is 24.2 Å². The molecule has 6 heteroatoms. The number of aryl methyl sites for hydroxylation is 1. The predicted octanol–water partition coefficient (Wildman–Crippen LogP) is 4.88. The van der Waals surface area contributed by atoms with E-state index in [-0.39, 0.29) is 5.97 Å². The molecular weight excluding hydrogens is 347 g/mol. The minimum absolute atomic E-state index is 0.329. The van der Waals surface area contributed by atoms with Crippen LogP contribution in [0.1, 0.15) is 28.7 Å². The lowest BCUT2D eigenvalue weighted by Gasteiger charge is -2.09. The lowest BCUT2D eigenvalue weighted by Crippen LogP contribution is -2.05. The zero-order valence-corrected chi connectivity index (χ0v) is 14.9. The Morgan fingerprint density at radius 1 is 1.25 bits per heavy atom. The molecule has 0 aliphatic rings. The monoisotopic (exact) mass is 362 g/mol. The van der Waals surface area contributed by atoms with Crippen LogP contribution in [-0.4, -0.2) is 22.1 Å². The zero-order valence-electron chi connectivity index (χ0n) is 13.3. The van der Waals surface area contributed by atoms with Gasteiger partial charge in [-0.05, 0) is 43.7 Å². The number of fused-ring (bicyclic) bond motifs is 1. The summed E-state index contributed by atoms with van der Waals surface area (Å²) in [6.07, 6.45) is 0. The summed E-state index contributed by atoms with van der Waals surface area (Å²) in [6, 6.07) is 10.9. The summed E-state index contributed by atoms with van der Waals surface area (Å²) in [5.74, 6) is 0.435. The first kappa shape index (κ1) is 16.8. The minimum Gasteiger partial charge on any atom is -0.462 e. The van der Waals surface area contributed by atoms with Crippen LogP contribution < -0.4 is 0 Å². The Morgan fingerprint density at radius 2 is 2.04 bits per heavy atom. The Labute approximate surface area is 150 Å². The van der Waals surface area contributed by atoms with Crippen molar-refractivity contribution in [1.82, 2.24) is 9.55 Å². The quantitative estimate of drug-likeness (QED) is 0.621. The molecule has 3 rings (SSSR count). The van der Waals surface area contributed by atoms with Crippen molar-refractivity contribution in [3.8, 4) is 0 Å². The minimum atomic E-state index is -0.364. The van der Waals surface area contributed by atoms with Crippen molar-refractivity contribution in [2.75, 3.05) is 6.61 Å². The number of halogens is 2. The highest BCUT2D eigenvalue weighted by Gasteiger charge is 2.17. The fraction of sp³-hybridized carbons (Fsp3) is 0.222. The molecule has 0 aliphatic heterocycles. The molecule has 24 heavy (non-hydrogen) atoms. The van der Waals surface area contributed by atoms with E-state index in [1.54, 1.807) is 25.1 Å². The molecule has 124 valence electrons. The van der Waals surface area contributed by atoms with Crippen molar-refractivity contribution in [3.63, 3.8) is 0 Å². The number of carbonyl (C=O) groups excluding carboxylic acids is 1. The molecule has 0 saturated heterocycles. The van der Waals surface area contributed by atoms with Crippen molar-refractivity contribution in [2.24, 2.45) is 0 Å². The largest absolute Gasteiger partial charge is 0.462 e. The number of hydrogen-bond donors (Lipinski definition) is 0. The molecule has 1 aromatic heterocycles. The Hall–Kier alpha value is -2.04. The fourth-order valence-corrected chi connectivity index (χ4v) is 3.12. The van der Waals surface area contributed by atoms with E-state index >= 15 is 0 Å². The first-order chi connectivity index (χ1) is 11.5. The van der Waals surface area contributed by atoms with Gasteiger partial charge in [-0.3, -0.25) is 0 Å². The van der Waals surface area contributed by atoms with Crippen molar-refractivity contribution in [2.45, 2.75) is 20.4 Å². The number of benzene rings is 2. The average molecular weight is 363 g/mol. The Kier molecular flexibility index (Phi) is 4.78. The van der Waals surface area contributed by atoms with E-state index in [9.17, 15) is 4.79 Å². The predicted molar refractivity (Wildman–Crippen MR) is 96.0 cm³/mol. The third kappa shape index (κ3) is 3.12. The van der Waals surface area contributed by atoms with Crippen molar-refractivity contribution in [3.05, 3.63) is 63.4 Å². The van der Waals surface area contributed by atoms with Gasteiger partial charge in [0, 0.05) is 10.0 Å². The van der Waals surface area contributed by atoms with Gasteiger partial charge in [0.2, 0.25) is 0 Å². The third-order valence-corrected chi connectivity index (χ3v) is 4.40. The summed E-state index contributed by atoms with van der Waals surface area (Å²) in [6.45, 7) is 4.56. The van der Waals surface area contributed by atoms with Gasteiger partial charge in [0.25, 0.3) is 0 Å². The summed E-state index contributed by atoms with van der Waals surface area (Å²) in [5.41, 5.74) is 2.91. The van der Waals surface area contributed by atoms with E-state index in [2.05, 4.69) is 4.98 Å². The van der Waals surface area contributed by atoms with E-state index in [4.69, 9.17) is 27.9 Å². The Morgan fingerprint density at radius 3 is 2.75 bits per heavy atom. The lowest BCUT2D eigenvalue weighted by molar-refractivity contribution is 0.0528. The van der Waals surface area contributed by atoms with Gasteiger partial charge < -0.3 is 9.30 Å². The summed E-state index contributed by atoms with van der Waals surface area (Å²) < 4.78 is 7.13. The van der Waals surface area contributed by atoms with Gasteiger partial charge in [0.15, 0.2) is 0 Å². The molecule has 0 spiro atoms. The molecule has 0 aliphatic carbocycles. The first-order valence-electron chi connectivity index (χ1n) is 7.58. The molecule has 0 unspecified atom stereocenters. The molecule has 1 heterocycles. The second kappa shape index (κ2) is 6.83. The average Bonchev–Trinajstić information content (AvgIpc) is 2.86. The van der Waals surface area contributed by atoms with Gasteiger partial charge in [-0.2, -0.15) is 0 Å². The van der Waals surface area contributed by atoms with Crippen LogP contribution in [0.5, 0.6) is 0 Å². The van der Waals surface area contributed by atoms with E-state index in [1.807, 2.05) is 29.7 Å². The maximum Gasteiger partial charge on any atom is 0.340 e. The SMILES string of the molecule is CCOC(=O)c1cccc2c1nc(C)n2Cc1ccc(Cl)cc1Cl. The highest BCUT2D eigenvalue weighted by atomic mass is 35.5. The Balaban J connectivity index is 2.07. The van der Waals surface area contributed by atoms with E-state index in [1.165, 1.54) is 0 Å². The maximum absolute atomic E-state index is 12.1. The molecule has 3 aromatic rings. The molecular formula is C18H16Cl2N2O2. The number of hydrogen-bond acceptors (Lipinski definition) is 3.